The molecule has 1 aliphatic heterocycles. The summed E-state index contributed by atoms with van der Waals surface area (Å²) in [5.74, 6) is 0.0261. The first-order valence-electron chi connectivity index (χ1n) is 7.13. The van der Waals surface area contributed by atoms with Crippen molar-refractivity contribution < 1.29 is 4.79 Å². The lowest BCUT2D eigenvalue weighted by Crippen LogP contribution is -2.19. The number of hydrogen-bond acceptors (Lipinski definition) is 3. The van der Waals surface area contributed by atoms with Crippen molar-refractivity contribution in [2.45, 2.75) is 26.2 Å². The summed E-state index contributed by atoms with van der Waals surface area (Å²) in [5, 5.41) is 5.97. The van der Waals surface area contributed by atoms with Crippen LogP contribution in [-0.2, 0) is 17.6 Å². The van der Waals surface area contributed by atoms with Crippen LogP contribution in [0.25, 0.3) is 0 Å². The summed E-state index contributed by atoms with van der Waals surface area (Å²) in [5.41, 5.74) is 4.04. The van der Waals surface area contributed by atoms with Gasteiger partial charge in [-0.2, -0.15) is 5.10 Å². The van der Waals surface area contributed by atoms with Gasteiger partial charge in [-0.15, -0.1) is 0 Å². The fourth-order valence-electron chi connectivity index (χ4n) is 2.39. The van der Waals surface area contributed by atoms with E-state index in [1.165, 1.54) is 10.6 Å². The number of hydrazone groups is 1. The largest absolute Gasteiger partial charge is 0.272 e. The molecular formula is C17H17N3O. The van der Waals surface area contributed by atoms with Crippen molar-refractivity contribution in [3.63, 3.8) is 0 Å². The fourth-order valence-corrected chi connectivity index (χ4v) is 2.39. The van der Waals surface area contributed by atoms with E-state index in [2.05, 4.69) is 17.0 Å². The van der Waals surface area contributed by atoms with E-state index in [4.69, 9.17) is 0 Å². The van der Waals surface area contributed by atoms with E-state index in [0.717, 1.165) is 23.4 Å². The van der Waals surface area contributed by atoms with Gasteiger partial charge in [-0.05, 0) is 35.7 Å². The smallest absolute Gasteiger partial charge is 0.253 e. The minimum Gasteiger partial charge on any atom is -0.272 e. The number of pyridine rings is 1. The Kier molecular flexibility index (Phi) is 3.77. The quantitative estimate of drug-likeness (QED) is 0.863. The number of carbonyl (C=O) groups is 1. The number of nitrogens with zero attached hydrogens (tertiary/aromatic N) is 3. The van der Waals surface area contributed by atoms with Gasteiger partial charge in [-0.1, -0.05) is 25.1 Å². The van der Waals surface area contributed by atoms with Crippen LogP contribution in [0.3, 0.4) is 0 Å². The van der Waals surface area contributed by atoms with Crippen LogP contribution in [0.1, 0.15) is 24.5 Å². The molecule has 0 saturated carbocycles. The number of anilines is 1. The minimum atomic E-state index is 0.0261. The molecule has 0 radical (unpaired) electrons. The average molecular weight is 279 g/mol. The Labute approximate surface area is 124 Å². The van der Waals surface area contributed by atoms with Gasteiger partial charge in [-0.25, -0.2) is 5.01 Å². The molecule has 0 N–H and O–H groups in total. The number of carbonyl (C=O) groups excluding carboxylic acids is 1. The van der Waals surface area contributed by atoms with Crippen molar-refractivity contribution in [1.82, 2.24) is 4.98 Å². The predicted octanol–water partition coefficient (Wildman–Crippen LogP) is 2.98. The Morgan fingerprint density at radius 1 is 1.14 bits per heavy atom. The molecule has 1 aliphatic rings. The first-order valence-corrected chi connectivity index (χ1v) is 7.13. The summed E-state index contributed by atoms with van der Waals surface area (Å²) in [6, 6.07) is 11.9. The zero-order chi connectivity index (χ0) is 14.7. The Morgan fingerprint density at radius 2 is 1.95 bits per heavy atom. The first kappa shape index (κ1) is 13.5. The Hall–Kier alpha value is -2.49. The molecule has 1 aromatic heterocycles. The van der Waals surface area contributed by atoms with Gasteiger partial charge < -0.3 is 0 Å². The average Bonchev–Trinajstić information content (AvgIpc) is 2.89. The molecule has 2 aromatic rings. The standard InChI is InChI=1S/C17H17N3O/c1-2-13-5-7-16(8-6-13)20-17(21)11-15(19-20)10-14-4-3-9-18-12-14/h3-9,12H,2,10-11H2,1H3. The molecule has 1 amide bonds. The molecule has 0 saturated heterocycles. The molecule has 0 fully saturated rings. The molecule has 1 aromatic carbocycles. The van der Waals surface area contributed by atoms with Crippen molar-refractivity contribution in [3.05, 3.63) is 59.9 Å². The molecule has 0 unspecified atom stereocenters. The lowest BCUT2D eigenvalue weighted by molar-refractivity contribution is -0.116. The second-order valence-corrected chi connectivity index (χ2v) is 5.11. The minimum absolute atomic E-state index is 0.0261. The van der Waals surface area contributed by atoms with Gasteiger partial charge in [0, 0.05) is 18.8 Å². The highest BCUT2D eigenvalue weighted by molar-refractivity contribution is 6.13. The van der Waals surface area contributed by atoms with Crippen LogP contribution in [0.2, 0.25) is 0 Å². The van der Waals surface area contributed by atoms with E-state index in [1.54, 1.807) is 6.20 Å². The third-order valence-electron chi connectivity index (χ3n) is 3.55. The lowest BCUT2D eigenvalue weighted by Gasteiger charge is -2.11. The van der Waals surface area contributed by atoms with Crippen LogP contribution in [0.15, 0.2) is 53.9 Å². The summed E-state index contributed by atoms with van der Waals surface area (Å²) in [6.07, 6.45) is 5.59. The molecule has 0 atom stereocenters. The summed E-state index contributed by atoms with van der Waals surface area (Å²) < 4.78 is 0. The van der Waals surface area contributed by atoms with Crippen LogP contribution in [0.4, 0.5) is 5.69 Å². The number of benzene rings is 1. The third kappa shape index (κ3) is 2.99. The van der Waals surface area contributed by atoms with E-state index in [0.29, 0.717) is 12.8 Å². The van der Waals surface area contributed by atoms with Crippen molar-refractivity contribution in [2.24, 2.45) is 5.10 Å². The molecule has 106 valence electrons. The topological polar surface area (TPSA) is 45.6 Å². The van der Waals surface area contributed by atoms with Gasteiger partial charge in [-0.3, -0.25) is 9.78 Å². The highest BCUT2D eigenvalue weighted by Crippen LogP contribution is 2.22. The van der Waals surface area contributed by atoms with Crippen molar-refractivity contribution >= 4 is 17.3 Å². The summed E-state index contributed by atoms with van der Waals surface area (Å²) >= 11 is 0. The van der Waals surface area contributed by atoms with E-state index < -0.39 is 0 Å². The normalized spacial score (nSPS) is 14.4. The number of rotatable bonds is 4. The van der Waals surface area contributed by atoms with Crippen LogP contribution in [-0.4, -0.2) is 16.6 Å². The maximum atomic E-state index is 12.1. The highest BCUT2D eigenvalue weighted by atomic mass is 16.2. The van der Waals surface area contributed by atoms with E-state index >= 15 is 0 Å². The van der Waals surface area contributed by atoms with Gasteiger partial charge >= 0.3 is 0 Å². The van der Waals surface area contributed by atoms with Gasteiger partial charge in [0.05, 0.1) is 17.8 Å². The second kappa shape index (κ2) is 5.87. The Morgan fingerprint density at radius 3 is 2.62 bits per heavy atom. The monoisotopic (exact) mass is 279 g/mol. The maximum Gasteiger partial charge on any atom is 0.253 e. The fraction of sp³-hybridized carbons (Fsp3) is 0.235. The molecule has 2 heterocycles. The van der Waals surface area contributed by atoms with Gasteiger partial charge in [0.25, 0.3) is 5.91 Å². The molecule has 3 rings (SSSR count). The Bertz CT molecular complexity index is 662. The van der Waals surface area contributed by atoms with E-state index in [1.807, 2.05) is 42.6 Å². The summed E-state index contributed by atoms with van der Waals surface area (Å²) in [6.45, 7) is 2.11. The third-order valence-corrected chi connectivity index (χ3v) is 3.55. The van der Waals surface area contributed by atoms with Gasteiger partial charge in [0.15, 0.2) is 0 Å². The summed E-state index contributed by atoms with van der Waals surface area (Å²) in [7, 11) is 0. The highest BCUT2D eigenvalue weighted by Gasteiger charge is 2.25. The van der Waals surface area contributed by atoms with Crippen LogP contribution >= 0.6 is 0 Å². The van der Waals surface area contributed by atoms with Crippen molar-refractivity contribution in [2.75, 3.05) is 5.01 Å². The molecule has 4 heteroatoms. The maximum absolute atomic E-state index is 12.1. The number of aromatic nitrogens is 1. The second-order valence-electron chi connectivity index (χ2n) is 5.11. The van der Waals surface area contributed by atoms with Crippen LogP contribution in [0, 0.1) is 0 Å². The molecular weight excluding hydrogens is 262 g/mol. The molecule has 0 aliphatic carbocycles. The zero-order valence-corrected chi connectivity index (χ0v) is 12.0. The first-order chi connectivity index (χ1) is 10.3. The van der Waals surface area contributed by atoms with Crippen molar-refractivity contribution in [3.8, 4) is 0 Å². The predicted molar refractivity (Wildman–Crippen MR) is 83.3 cm³/mol. The lowest BCUT2D eigenvalue weighted by atomic mass is 10.1. The van der Waals surface area contributed by atoms with Crippen LogP contribution in [0.5, 0.6) is 0 Å². The van der Waals surface area contributed by atoms with E-state index in [9.17, 15) is 4.79 Å². The Balaban J connectivity index is 1.78. The molecule has 0 bridgehead atoms. The SMILES string of the molecule is CCc1ccc(N2N=C(Cc3cccnc3)CC2=O)cc1. The number of amides is 1. The number of hydrogen-bond donors (Lipinski definition) is 0. The van der Waals surface area contributed by atoms with Gasteiger partial charge in [0.2, 0.25) is 0 Å². The number of aryl methyl sites for hydroxylation is 1. The van der Waals surface area contributed by atoms with Crippen LogP contribution < -0.4 is 5.01 Å². The van der Waals surface area contributed by atoms with Gasteiger partial charge in [0.1, 0.15) is 0 Å². The zero-order valence-electron chi connectivity index (χ0n) is 12.0. The van der Waals surface area contributed by atoms with E-state index in [-0.39, 0.29) is 5.91 Å². The molecule has 21 heavy (non-hydrogen) atoms. The summed E-state index contributed by atoms with van der Waals surface area (Å²) in [4.78, 5) is 16.2. The molecule has 4 nitrogen and oxygen atoms in total. The molecule has 0 spiro atoms. The van der Waals surface area contributed by atoms with Crippen molar-refractivity contribution in [1.29, 1.82) is 0 Å².